The summed E-state index contributed by atoms with van der Waals surface area (Å²) in [7, 11) is 0. The van der Waals surface area contributed by atoms with Crippen molar-refractivity contribution in [3.05, 3.63) is 54.1 Å². The molecule has 2 aliphatic heterocycles. The SMILES string of the molecule is CC1(c2ccc3c(c2)OCCCO3)NC(=O)N(CC(O)COc2ccccc2)C1=O. The first-order chi connectivity index (χ1) is 14.5. The number of β-amino-alcohol motifs (C(OH)–C–C–N with tert-alkyl or cyclic N) is 1. The van der Waals surface area contributed by atoms with Gasteiger partial charge >= 0.3 is 6.03 Å². The highest BCUT2D eigenvalue weighted by Crippen LogP contribution is 2.36. The van der Waals surface area contributed by atoms with Gasteiger partial charge in [0.05, 0.1) is 19.8 Å². The average Bonchev–Trinajstić information content (AvgIpc) is 2.92. The van der Waals surface area contributed by atoms with Crippen molar-refractivity contribution in [2.24, 2.45) is 0 Å². The number of benzene rings is 2. The predicted molar refractivity (Wildman–Crippen MR) is 108 cm³/mol. The Balaban J connectivity index is 1.45. The number of hydrogen-bond acceptors (Lipinski definition) is 6. The molecule has 0 bridgehead atoms. The van der Waals surface area contributed by atoms with Gasteiger partial charge in [-0.3, -0.25) is 9.69 Å². The number of rotatable bonds is 6. The Morgan fingerprint density at radius 2 is 1.87 bits per heavy atom. The van der Waals surface area contributed by atoms with Crippen molar-refractivity contribution in [3.63, 3.8) is 0 Å². The van der Waals surface area contributed by atoms with Gasteiger partial charge in [-0.15, -0.1) is 0 Å². The van der Waals surface area contributed by atoms with E-state index in [0.29, 0.717) is 36.0 Å². The zero-order valence-corrected chi connectivity index (χ0v) is 16.7. The van der Waals surface area contributed by atoms with Crippen molar-refractivity contribution in [1.82, 2.24) is 10.2 Å². The number of aliphatic hydroxyl groups excluding tert-OH is 1. The largest absolute Gasteiger partial charge is 0.491 e. The molecule has 2 aromatic carbocycles. The number of aliphatic hydroxyl groups is 1. The van der Waals surface area contributed by atoms with Crippen molar-refractivity contribution < 1.29 is 28.9 Å². The van der Waals surface area contributed by atoms with Crippen LogP contribution >= 0.6 is 0 Å². The number of nitrogens with one attached hydrogen (secondary N) is 1. The van der Waals surface area contributed by atoms with Crippen molar-refractivity contribution in [3.8, 4) is 17.2 Å². The van der Waals surface area contributed by atoms with Crippen molar-refractivity contribution in [1.29, 1.82) is 0 Å². The molecule has 2 aromatic rings. The molecular weight excluding hydrogens is 388 g/mol. The molecule has 158 valence electrons. The zero-order valence-electron chi connectivity index (χ0n) is 16.7. The molecule has 2 unspecified atom stereocenters. The third-order valence-electron chi connectivity index (χ3n) is 5.18. The second kappa shape index (κ2) is 8.23. The minimum Gasteiger partial charge on any atom is -0.491 e. The lowest BCUT2D eigenvalue weighted by atomic mass is 9.91. The normalized spacial score (nSPS) is 21.7. The van der Waals surface area contributed by atoms with Gasteiger partial charge in [0.2, 0.25) is 0 Å². The van der Waals surface area contributed by atoms with E-state index in [9.17, 15) is 14.7 Å². The van der Waals surface area contributed by atoms with Gasteiger partial charge in [-0.2, -0.15) is 0 Å². The molecule has 8 nitrogen and oxygen atoms in total. The van der Waals surface area contributed by atoms with E-state index in [-0.39, 0.29) is 13.2 Å². The standard InChI is InChI=1S/C22H24N2O6/c1-22(15-8-9-18-19(12-15)29-11-5-10-28-18)20(26)24(21(27)23-22)13-16(25)14-30-17-6-3-2-4-7-17/h2-4,6-9,12,16,25H,5,10-11,13-14H2,1H3,(H,23,27). The molecule has 2 heterocycles. The first-order valence-corrected chi connectivity index (χ1v) is 9.87. The molecule has 30 heavy (non-hydrogen) atoms. The van der Waals surface area contributed by atoms with E-state index in [2.05, 4.69) is 5.32 Å². The monoisotopic (exact) mass is 412 g/mol. The number of hydrogen-bond donors (Lipinski definition) is 2. The Hall–Kier alpha value is -3.26. The van der Waals surface area contributed by atoms with Gasteiger partial charge in [-0.1, -0.05) is 24.3 Å². The second-order valence-corrected chi connectivity index (χ2v) is 7.46. The van der Waals surface area contributed by atoms with Gasteiger partial charge in [-0.25, -0.2) is 4.79 Å². The summed E-state index contributed by atoms with van der Waals surface area (Å²) in [5.41, 5.74) is -0.676. The fourth-order valence-corrected chi connectivity index (χ4v) is 3.51. The predicted octanol–water partition coefficient (Wildman–Crippen LogP) is 2.05. The number of fused-ring (bicyclic) bond motifs is 1. The van der Waals surface area contributed by atoms with Crippen LogP contribution in [-0.2, 0) is 10.3 Å². The molecule has 3 amide bonds. The molecule has 1 fully saturated rings. The number of urea groups is 1. The van der Waals surface area contributed by atoms with Crippen molar-refractivity contribution in [2.45, 2.75) is 25.0 Å². The summed E-state index contributed by atoms with van der Waals surface area (Å²) in [6, 6.07) is 13.7. The number of carbonyl (C=O) groups excluding carboxylic acids is 2. The van der Waals surface area contributed by atoms with Crippen LogP contribution in [0.5, 0.6) is 17.2 Å². The number of amides is 3. The summed E-state index contributed by atoms with van der Waals surface area (Å²) in [4.78, 5) is 26.6. The van der Waals surface area contributed by atoms with Crippen LogP contribution in [0.2, 0.25) is 0 Å². The van der Waals surface area contributed by atoms with E-state index < -0.39 is 23.6 Å². The summed E-state index contributed by atoms with van der Waals surface area (Å²) < 4.78 is 16.8. The highest BCUT2D eigenvalue weighted by Gasteiger charge is 2.49. The molecule has 1 saturated heterocycles. The molecule has 4 rings (SSSR count). The highest BCUT2D eigenvalue weighted by molar-refractivity contribution is 6.07. The Morgan fingerprint density at radius 1 is 1.13 bits per heavy atom. The molecule has 0 spiro atoms. The average molecular weight is 412 g/mol. The molecule has 0 aliphatic carbocycles. The molecule has 2 N–H and O–H groups in total. The van der Waals surface area contributed by atoms with Gasteiger partial charge in [0.25, 0.3) is 5.91 Å². The van der Waals surface area contributed by atoms with Crippen molar-refractivity contribution >= 4 is 11.9 Å². The lowest BCUT2D eigenvalue weighted by Crippen LogP contribution is -2.42. The maximum absolute atomic E-state index is 13.1. The van der Waals surface area contributed by atoms with E-state index in [4.69, 9.17) is 14.2 Å². The zero-order chi connectivity index (χ0) is 21.1. The Kier molecular flexibility index (Phi) is 5.50. The lowest BCUT2D eigenvalue weighted by Gasteiger charge is -2.24. The summed E-state index contributed by atoms with van der Waals surface area (Å²) in [5.74, 6) is 1.32. The van der Waals surface area contributed by atoms with E-state index >= 15 is 0 Å². The molecule has 0 aromatic heterocycles. The maximum Gasteiger partial charge on any atom is 0.325 e. The molecular formula is C22H24N2O6. The Labute approximate surface area is 174 Å². The number of imide groups is 1. The number of ether oxygens (including phenoxy) is 3. The molecule has 0 saturated carbocycles. The van der Waals surface area contributed by atoms with Gasteiger partial charge in [0.15, 0.2) is 11.5 Å². The van der Waals surface area contributed by atoms with Crippen LogP contribution in [0.15, 0.2) is 48.5 Å². The molecule has 8 heteroatoms. The summed E-state index contributed by atoms with van der Waals surface area (Å²) in [6.07, 6.45) is -0.251. The fourth-order valence-electron chi connectivity index (χ4n) is 3.51. The van der Waals surface area contributed by atoms with Crippen molar-refractivity contribution in [2.75, 3.05) is 26.4 Å². The highest BCUT2D eigenvalue weighted by atomic mass is 16.5. The van der Waals surface area contributed by atoms with Crippen LogP contribution in [0.4, 0.5) is 4.79 Å². The van der Waals surface area contributed by atoms with Crippen LogP contribution in [0, 0.1) is 0 Å². The smallest absolute Gasteiger partial charge is 0.325 e. The fraction of sp³-hybridized carbons (Fsp3) is 0.364. The maximum atomic E-state index is 13.1. The van der Waals surface area contributed by atoms with Gasteiger partial charge in [0.1, 0.15) is 24.0 Å². The van der Waals surface area contributed by atoms with Crippen LogP contribution in [-0.4, -0.2) is 54.4 Å². The number of para-hydroxylation sites is 1. The summed E-state index contributed by atoms with van der Waals surface area (Å²) in [6.45, 7) is 2.52. The van der Waals surface area contributed by atoms with E-state index in [1.165, 1.54) is 0 Å². The Bertz CT molecular complexity index is 934. The van der Waals surface area contributed by atoms with Crippen LogP contribution < -0.4 is 19.5 Å². The third-order valence-corrected chi connectivity index (χ3v) is 5.18. The first-order valence-electron chi connectivity index (χ1n) is 9.87. The summed E-state index contributed by atoms with van der Waals surface area (Å²) >= 11 is 0. The number of nitrogens with zero attached hydrogens (tertiary/aromatic N) is 1. The number of carbonyl (C=O) groups is 2. The Morgan fingerprint density at radius 3 is 2.63 bits per heavy atom. The molecule has 2 atom stereocenters. The van der Waals surface area contributed by atoms with E-state index in [1.807, 2.05) is 18.2 Å². The summed E-state index contributed by atoms with van der Waals surface area (Å²) in [5, 5.41) is 13.0. The van der Waals surface area contributed by atoms with Crippen LogP contribution in [0.1, 0.15) is 18.9 Å². The quantitative estimate of drug-likeness (QED) is 0.705. The molecule has 2 aliphatic rings. The topological polar surface area (TPSA) is 97.3 Å². The van der Waals surface area contributed by atoms with Gasteiger partial charge in [0, 0.05) is 6.42 Å². The van der Waals surface area contributed by atoms with Gasteiger partial charge < -0.3 is 24.6 Å². The third kappa shape index (κ3) is 3.91. The van der Waals surface area contributed by atoms with Gasteiger partial charge in [-0.05, 0) is 36.8 Å². The van der Waals surface area contributed by atoms with E-state index in [0.717, 1.165) is 11.3 Å². The minimum atomic E-state index is -1.26. The molecule has 0 radical (unpaired) electrons. The van der Waals surface area contributed by atoms with E-state index in [1.54, 1.807) is 37.3 Å². The van der Waals surface area contributed by atoms with Crippen LogP contribution in [0.25, 0.3) is 0 Å². The van der Waals surface area contributed by atoms with Crippen LogP contribution in [0.3, 0.4) is 0 Å². The minimum absolute atomic E-state index is 0.0399. The first kappa shape index (κ1) is 20.0. The lowest BCUT2D eigenvalue weighted by molar-refractivity contribution is -0.132. The second-order valence-electron chi connectivity index (χ2n) is 7.46.